The number of nitrogens with one attached hydrogen (secondary N) is 2. The number of carbonyl (C=O) groups is 2. The molecule has 6 rings (SSSR count). The third-order valence-corrected chi connectivity index (χ3v) is 12.1. The second kappa shape index (κ2) is 18.4. The molecule has 0 saturated carbocycles. The molecule has 0 aliphatic heterocycles. The Morgan fingerprint density at radius 2 is 1.28 bits per heavy atom. The number of primary sulfonamides is 2. The number of nitrogens with two attached hydrogens (primary N) is 2. The monoisotopic (exact) mass is 889 g/mol. The molecule has 0 spiro atoms. The van der Waals surface area contributed by atoms with Crippen molar-refractivity contribution in [1.82, 2.24) is 9.97 Å². The van der Waals surface area contributed by atoms with Gasteiger partial charge in [-0.25, -0.2) is 45.9 Å². The Bertz CT molecular complexity index is 2740. The molecule has 294 valence electrons. The van der Waals surface area contributed by atoms with Crippen molar-refractivity contribution in [3.05, 3.63) is 128 Å². The predicted molar refractivity (Wildman–Crippen MR) is 215 cm³/mol. The van der Waals surface area contributed by atoms with Gasteiger partial charge in [0.15, 0.2) is 10.7 Å². The average Bonchev–Trinajstić information content (AvgIpc) is 3.84. The third-order valence-electron chi connectivity index (χ3n) is 7.59. The maximum Gasteiger partial charge on any atom is 0.289 e. The van der Waals surface area contributed by atoms with Crippen LogP contribution in [-0.2, 0) is 42.5 Å². The quantitative estimate of drug-likeness (QED) is 0.101. The highest BCUT2D eigenvalue weighted by atomic mass is 35.5. The van der Waals surface area contributed by atoms with Gasteiger partial charge in [-0.2, -0.15) is 5.26 Å². The van der Waals surface area contributed by atoms with Gasteiger partial charge in [0.25, 0.3) is 6.43 Å². The van der Waals surface area contributed by atoms with Gasteiger partial charge in [0.1, 0.15) is 11.1 Å². The number of aromatic nitrogens is 2. The number of thiazole rings is 2. The summed E-state index contributed by atoms with van der Waals surface area (Å²) in [5.74, 6) is -0.772. The van der Waals surface area contributed by atoms with Crippen molar-refractivity contribution in [2.45, 2.75) is 29.1 Å². The van der Waals surface area contributed by atoms with Crippen molar-refractivity contribution in [1.29, 1.82) is 5.26 Å². The van der Waals surface area contributed by atoms with Crippen LogP contribution in [0.15, 0.2) is 106 Å². The number of hydrogen-bond donors (Lipinski definition) is 4. The summed E-state index contributed by atoms with van der Waals surface area (Å²) in [7, 11) is -8.29. The van der Waals surface area contributed by atoms with E-state index in [0.29, 0.717) is 37.5 Å². The lowest BCUT2D eigenvalue weighted by Gasteiger charge is -2.11. The van der Waals surface area contributed by atoms with Gasteiger partial charge in [-0.3, -0.25) is 9.59 Å². The van der Waals surface area contributed by atoms with Gasteiger partial charge in [-0.1, -0.05) is 65.7 Å². The number of rotatable bonds is 11. The molecule has 0 saturated heterocycles. The Balaban J connectivity index is 0.000000218. The van der Waals surface area contributed by atoms with Gasteiger partial charge >= 0.3 is 0 Å². The zero-order valence-corrected chi connectivity index (χ0v) is 33.6. The van der Waals surface area contributed by atoms with Gasteiger partial charge in [0, 0.05) is 44.1 Å². The maximum absolute atomic E-state index is 12.8. The molecule has 2 aromatic heterocycles. The van der Waals surface area contributed by atoms with E-state index < -0.39 is 37.4 Å². The zero-order chi connectivity index (χ0) is 41.5. The fraction of sp³-hybridized carbons (Fsp3) is 0.0833. The lowest BCUT2D eigenvalue weighted by Crippen LogP contribution is -2.17. The molecule has 0 atom stereocenters. The van der Waals surface area contributed by atoms with Gasteiger partial charge < -0.3 is 10.6 Å². The molecule has 57 heavy (non-hydrogen) atoms. The van der Waals surface area contributed by atoms with Gasteiger partial charge in [0.2, 0.25) is 31.9 Å². The number of alkyl halides is 2. The van der Waals surface area contributed by atoms with E-state index in [0.717, 1.165) is 17.5 Å². The van der Waals surface area contributed by atoms with Crippen molar-refractivity contribution in [3.63, 3.8) is 0 Å². The first-order chi connectivity index (χ1) is 26.9. The molecular formula is C36H27Cl2F2N7O6S4. The van der Waals surface area contributed by atoms with Crippen molar-refractivity contribution >= 4 is 89.1 Å². The standard InChI is InChI=1S/C18H14ClF2N3O3S2.C18H13ClN4O3S2/c19-13-4-2-1-3-10(13)7-16(25)24-11-5-6-12(15(8-11)29(22,26)27)14-9-23-18(28-14)17(20)21;19-15-4-2-1-3-11(15)7-17(24)22-12-5-6-14(16(8-12)28(21,25)26)18-23-13(9-20)10-27-18/h1-6,8-9,17H,7H2,(H,24,25)(H2,22,26,27);1-6,8,10H,7H2,(H,22,24)(H2,21,25,26). The van der Waals surface area contributed by atoms with Crippen LogP contribution in [0.4, 0.5) is 20.2 Å². The summed E-state index contributed by atoms with van der Waals surface area (Å²) in [6.07, 6.45) is -1.59. The number of halogens is 4. The molecular weight excluding hydrogens is 864 g/mol. The topological polar surface area (TPSA) is 228 Å². The Kier molecular flexibility index (Phi) is 13.9. The van der Waals surface area contributed by atoms with Crippen LogP contribution >= 0.6 is 45.9 Å². The highest BCUT2D eigenvalue weighted by Crippen LogP contribution is 2.36. The van der Waals surface area contributed by atoms with Crippen LogP contribution in [-0.4, -0.2) is 38.6 Å². The number of benzene rings is 4. The van der Waals surface area contributed by atoms with Crippen LogP contribution in [0.3, 0.4) is 0 Å². The number of nitrogens with zero attached hydrogens (tertiary/aromatic N) is 3. The fourth-order valence-corrected chi connectivity index (χ4v) is 8.72. The summed E-state index contributed by atoms with van der Waals surface area (Å²) < 4.78 is 73.7. The largest absolute Gasteiger partial charge is 0.326 e. The smallest absolute Gasteiger partial charge is 0.289 e. The van der Waals surface area contributed by atoms with Crippen LogP contribution in [0.5, 0.6) is 0 Å². The third kappa shape index (κ3) is 11.5. The fourth-order valence-electron chi connectivity index (χ4n) is 5.05. The van der Waals surface area contributed by atoms with Crippen LogP contribution in [0.25, 0.3) is 21.0 Å². The number of carbonyl (C=O) groups excluding carboxylic acids is 2. The molecule has 2 amide bonds. The minimum absolute atomic E-state index is 0.0152. The van der Waals surface area contributed by atoms with Crippen LogP contribution in [0.2, 0.25) is 10.0 Å². The summed E-state index contributed by atoms with van der Waals surface area (Å²) in [4.78, 5) is 32.0. The number of nitriles is 1. The van der Waals surface area contributed by atoms with E-state index in [1.54, 1.807) is 54.6 Å². The van der Waals surface area contributed by atoms with Crippen molar-refractivity contribution in [2.75, 3.05) is 10.6 Å². The molecule has 13 nitrogen and oxygen atoms in total. The number of anilines is 2. The molecule has 0 aliphatic carbocycles. The Hall–Kier alpha value is -5.17. The highest BCUT2D eigenvalue weighted by molar-refractivity contribution is 7.89. The Labute approximate surface area is 343 Å². The molecule has 6 aromatic rings. The van der Waals surface area contributed by atoms with E-state index in [1.165, 1.54) is 35.7 Å². The second-order valence-electron chi connectivity index (χ2n) is 11.7. The summed E-state index contributed by atoms with van der Waals surface area (Å²) in [5, 5.41) is 27.1. The van der Waals surface area contributed by atoms with E-state index in [4.69, 9.17) is 38.7 Å². The van der Waals surface area contributed by atoms with E-state index in [9.17, 15) is 35.2 Å². The van der Waals surface area contributed by atoms with Crippen LogP contribution < -0.4 is 20.9 Å². The Morgan fingerprint density at radius 1 is 0.789 bits per heavy atom. The minimum Gasteiger partial charge on any atom is -0.326 e. The number of amides is 2. The van der Waals surface area contributed by atoms with Crippen molar-refractivity contribution in [3.8, 4) is 27.1 Å². The van der Waals surface area contributed by atoms with Gasteiger partial charge in [-0.05, 0) is 53.6 Å². The number of hydrogen-bond acceptors (Lipinski definition) is 11. The minimum atomic E-state index is -4.20. The van der Waals surface area contributed by atoms with Crippen LogP contribution in [0.1, 0.15) is 28.3 Å². The summed E-state index contributed by atoms with van der Waals surface area (Å²) >= 11 is 13.9. The van der Waals surface area contributed by atoms with Crippen molar-refractivity contribution < 1.29 is 35.2 Å². The summed E-state index contributed by atoms with van der Waals surface area (Å²) in [6.45, 7) is 0. The molecule has 2 heterocycles. The summed E-state index contributed by atoms with van der Waals surface area (Å²) in [5.41, 5.74) is 2.28. The van der Waals surface area contributed by atoms with Crippen LogP contribution in [0, 0.1) is 11.3 Å². The molecule has 0 unspecified atom stereocenters. The first-order valence-corrected chi connectivity index (χ1v) is 21.5. The first kappa shape index (κ1) is 43.0. The Morgan fingerprint density at radius 3 is 1.72 bits per heavy atom. The first-order valence-electron chi connectivity index (χ1n) is 15.9. The van der Waals surface area contributed by atoms with Gasteiger partial charge in [0.05, 0.1) is 27.5 Å². The van der Waals surface area contributed by atoms with E-state index >= 15 is 0 Å². The van der Waals surface area contributed by atoms with E-state index in [2.05, 4.69) is 20.6 Å². The molecule has 0 bridgehead atoms. The van der Waals surface area contributed by atoms with Gasteiger partial charge in [-0.15, -0.1) is 22.7 Å². The van der Waals surface area contributed by atoms with E-state index in [-0.39, 0.29) is 61.6 Å². The summed E-state index contributed by atoms with van der Waals surface area (Å²) in [6, 6.07) is 24.0. The average molecular weight is 891 g/mol. The zero-order valence-electron chi connectivity index (χ0n) is 28.8. The molecule has 0 radical (unpaired) electrons. The van der Waals surface area contributed by atoms with Crippen molar-refractivity contribution in [2.24, 2.45) is 10.3 Å². The second-order valence-corrected chi connectivity index (χ2v) is 17.5. The number of sulfonamides is 2. The lowest BCUT2D eigenvalue weighted by molar-refractivity contribution is -0.116. The van der Waals surface area contributed by atoms with E-state index in [1.807, 2.05) is 6.07 Å². The maximum atomic E-state index is 12.8. The molecule has 21 heteroatoms. The molecule has 0 aliphatic rings. The lowest BCUT2D eigenvalue weighted by atomic mass is 10.1. The molecule has 6 N–H and O–H groups in total. The normalized spacial score (nSPS) is 11.3. The molecule has 4 aromatic carbocycles. The predicted octanol–water partition coefficient (Wildman–Crippen LogP) is 7.39. The SMILES string of the molecule is N#Cc1csc(-c2ccc(NC(=O)Cc3ccccc3Cl)cc2S(N)(=O)=O)n1.NS(=O)(=O)c1cc(NC(=O)Cc2ccccc2Cl)ccc1-c1cnc(C(F)F)s1. The highest BCUT2D eigenvalue weighted by Gasteiger charge is 2.22. The molecule has 0 fully saturated rings.